The number of carbonyl (C=O) groups excluding carboxylic acids is 1. The lowest BCUT2D eigenvalue weighted by Gasteiger charge is -2.19. The van der Waals surface area contributed by atoms with E-state index in [1.54, 1.807) is 12.1 Å². The van der Waals surface area contributed by atoms with Gasteiger partial charge in [0.15, 0.2) is 0 Å². The van der Waals surface area contributed by atoms with Gasteiger partial charge < -0.3 is 15.7 Å². The lowest BCUT2D eigenvalue weighted by molar-refractivity contribution is -0.141. The number of benzene rings is 1. The van der Waals surface area contributed by atoms with Crippen LogP contribution in [0.4, 0.5) is 11.4 Å². The van der Waals surface area contributed by atoms with E-state index in [0.29, 0.717) is 16.4 Å². The van der Waals surface area contributed by atoms with Gasteiger partial charge in [-0.25, -0.2) is 0 Å². The molecule has 1 aromatic rings. The van der Waals surface area contributed by atoms with Gasteiger partial charge >= 0.3 is 5.97 Å². The van der Waals surface area contributed by atoms with E-state index in [-0.39, 0.29) is 18.9 Å². The molecule has 1 aliphatic rings. The number of carboxylic acid groups (broad SMARTS) is 1. The minimum Gasteiger partial charge on any atom is -0.481 e. The summed E-state index contributed by atoms with van der Waals surface area (Å²) < 4.78 is 0. The molecule has 6 heteroatoms. The molecule has 1 aliphatic heterocycles. The van der Waals surface area contributed by atoms with Crippen LogP contribution < -0.4 is 10.6 Å². The second-order valence-electron chi connectivity index (χ2n) is 4.40. The van der Waals surface area contributed by atoms with E-state index in [1.165, 1.54) is 4.90 Å². The molecule has 1 atom stereocenters. The summed E-state index contributed by atoms with van der Waals surface area (Å²) in [5.74, 6) is -1.89. The number of nitrogens with zero attached hydrogens (tertiary/aromatic N) is 1. The third-order valence-electron chi connectivity index (χ3n) is 3.07. The van der Waals surface area contributed by atoms with Crippen molar-refractivity contribution in [3.63, 3.8) is 0 Å². The van der Waals surface area contributed by atoms with E-state index < -0.39 is 11.9 Å². The first-order valence-corrected chi connectivity index (χ1v) is 5.86. The van der Waals surface area contributed by atoms with Crippen LogP contribution in [0.25, 0.3) is 0 Å². The maximum Gasteiger partial charge on any atom is 0.308 e. The molecule has 1 saturated heterocycles. The van der Waals surface area contributed by atoms with Crippen molar-refractivity contribution in [1.82, 2.24) is 0 Å². The number of hydrogen-bond donors (Lipinski definition) is 2. The molecule has 1 amide bonds. The quantitative estimate of drug-likeness (QED) is 0.799. The first kappa shape index (κ1) is 12.7. The summed E-state index contributed by atoms with van der Waals surface area (Å²) >= 11 is 6.00. The van der Waals surface area contributed by atoms with Crippen LogP contribution in [-0.2, 0) is 9.59 Å². The van der Waals surface area contributed by atoms with Crippen LogP contribution in [0.2, 0.25) is 5.02 Å². The minimum atomic E-state index is -0.970. The predicted molar refractivity (Wildman–Crippen MR) is 68.7 cm³/mol. The number of nitrogen functional groups attached to an aromatic ring is 1. The Morgan fingerprint density at radius 1 is 1.56 bits per heavy atom. The molecule has 1 aromatic carbocycles. The Balaban J connectivity index is 2.35. The third-order valence-corrected chi connectivity index (χ3v) is 3.48. The van der Waals surface area contributed by atoms with Crippen molar-refractivity contribution < 1.29 is 14.7 Å². The highest BCUT2D eigenvalue weighted by molar-refractivity contribution is 6.32. The molecule has 1 heterocycles. The van der Waals surface area contributed by atoms with Crippen LogP contribution in [0.1, 0.15) is 12.0 Å². The summed E-state index contributed by atoms with van der Waals surface area (Å²) in [6.07, 6.45) is 0.000267. The zero-order chi connectivity index (χ0) is 13.4. The maximum atomic E-state index is 11.8. The van der Waals surface area contributed by atoms with Crippen LogP contribution in [0, 0.1) is 12.8 Å². The first-order chi connectivity index (χ1) is 8.40. The van der Waals surface area contributed by atoms with Crippen LogP contribution in [0.3, 0.4) is 0 Å². The highest BCUT2D eigenvalue weighted by Crippen LogP contribution is 2.33. The smallest absolute Gasteiger partial charge is 0.308 e. The highest BCUT2D eigenvalue weighted by atomic mass is 35.5. The summed E-state index contributed by atoms with van der Waals surface area (Å²) in [4.78, 5) is 24.1. The topological polar surface area (TPSA) is 83.6 Å². The number of anilines is 2. The van der Waals surface area contributed by atoms with E-state index in [2.05, 4.69) is 0 Å². The zero-order valence-corrected chi connectivity index (χ0v) is 10.6. The Kier molecular flexibility index (Phi) is 3.17. The van der Waals surface area contributed by atoms with Gasteiger partial charge in [0, 0.05) is 18.0 Å². The molecular formula is C12H13ClN2O3. The predicted octanol–water partition coefficient (Wildman–Crippen LogP) is 1.67. The summed E-state index contributed by atoms with van der Waals surface area (Å²) in [6.45, 7) is 1.95. The zero-order valence-electron chi connectivity index (χ0n) is 9.81. The molecule has 1 unspecified atom stereocenters. The average molecular weight is 269 g/mol. The summed E-state index contributed by atoms with van der Waals surface area (Å²) in [7, 11) is 0. The molecule has 0 bridgehead atoms. The molecule has 5 nitrogen and oxygen atoms in total. The SMILES string of the molecule is Cc1cc(N)c(N2CC(C(=O)O)CC2=O)cc1Cl. The molecule has 0 aliphatic carbocycles. The molecule has 0 spiro atoms. The van der Waals surface area contributed by atoms with Crippen molar-refractivity contribution in [3.8, 4) is 0 Å². The fourth-order valence-electron chi connectivity index (χ4n) is 2.03. The Hall–Kier alpha value is -1.75. The van der Waals surface area contributed by atoms with Gasteiger partial charge in [0.25, 0.3) is 0 Å². The fourth-order valence-corrected chi connectivity index (χ4v) is 2.19. The van der Waals surface area contributed by atoms with Crippen molar-refractivity contribution in [2.45, 2.75) is 13.3 Å². The normalized spacial score (nSPS) is 19.3. The minimum absolute atomic E-state index is 0.000267. The largest absolute Gasteiger partial charge is 0.481 e. The number of rotatable bonds is 2. The van der Waals surface area contributed by atoms with Gasteiger partial charge in [0.05, 0.1) is 17.3 Å². The van der Waals surface area contributed by atoms with E-state index >= 15 is 0 Å². The number of aliphatic carboxylic acids is 1. The van der Waals surface area contributed by atoms with Gasteiger partial charge in [-0.3, -0.25) is 9.59 Å². The molecule has 1 fully saturated rings. The number of amides is 1. The second-order valence-corrected chi connectivity index (χ2v) is 4.81. The van der Waals surface area contributed by atoms with Crippen LogP contribution in [0.5, 0.6) is 0 Å². The van der Waals surface area contributed by atoms with E-state index in [1.807, 2.05) is 6.92 Å². The van der Waals surface area contributed by atoms with Gasteiger partial charge in [-0.15, -0.1) is 0 Å². The number of carbonyl (C=O) groups is 2. The number of halogens is 1. The number of aryl methyl sites for hydroxylation is 1. The highest BCUT2D eigenvalue weighted by Gasteiger charge is 2.35. The third kappa shape index (κ3) is 2.13. The number of carboxylic acids is 1. The standard InChI is InChI=1S/C12H13ClN2O3/c1-6-2-9(14)10(4-8(6)13)15-5-7(12(17)18)3-11(15)16/h2,4,7H,3,5,14H2,1H3,(H,17,18). The Labute approximate surface area is 109 Å². The van der Waals surface area contributed by atoms with Gasteiger partial charge in [-0.1, -0.05) is 11.6 Å². The Bertz CT molecular complexity index is 530. The number of nitrogens with two attached hydrogens (primary N) is 1. The average Bonchev–Trinajstić information content (AvgIpc) is 2.66. The molecule has 2 rings (SSSR count). The maximum absolute atomic E-state index is 11.8. The van der Waals surface area contributed by atoms with Crippen molar-refractivity contribution in [3.05, 3.63) is 22.7 Å². The van der Waals surface area contributed by atoms with Crippen molar-refractivity contribution in [1.29, 1.82) is 0 Å². The summed E-state index contributed by atoms with van der Waals surface area (Å²) in [5, 5.41) is 9.43. The van der Waals surface area contributed by atoms with Crippen LogP contribution >= 0.6 is 11.6 Å². The van der Waals surface area contributed by atoms with E-state index in [4.69, 9.17) is 22.4 Å². The van der Waals surface area contributed by atoms with E-state index in [9.17, 15) is 9.59 Å². The Morgan fingerprint density at radius 2 is 2.22 bits per heavy atom. The van der Waals surface area contributed by atoms with Crippen molar-refractivity contribution >= 4 is 34.9 Å². The fraction of sp³-hybridized carbons (Fsp3) is 0.333. The van der Waals surface area contributed by atoms with Gasteiger partial charge in [-0.2, -0.15) is 0 Å². The van der Waals surface area contributed by atoms with Crippen molar-refractivity contribution in [2.75, 3.05) is 17.2 Å². The van der Waals surface area contributed by atoms with E-state index in [0.717, 1.165) is 5.56 Å². The first-order valence-electron chi connectivity index (χ1n) is 5.49. The molecule has 0 aromatic heterocycles. The number of hydrogen-bond acceptors (Lipinski definition) is 3. The van der Waals surface area contributed by atoms with Gasteiger partial charge in [-0.05, 0) is 24.6 Å². The molecule has 96 valence electrons. The molecule has 18 heavy (non-hydrogen) atoms. The molecule has 3 N–H and O–H groups in total. The van der Waals surface area contributed by atoms with Crippen molar-refractivity contribution in [2.24, 2.45) is 5.92 Å². The summed E-state index contributed by atoms with van der Waals surface area (Å²) in [5.41, 5.74) is 7.59. The van der Waals surface area contributed by atoms with Crippen LogP contribution in [0.15, 0.2) is 12.1 Å². The summed E-state index contributed by atoms with van der Waals surface area (Å²) in [6, 6.07) is 3.29. The lowest BCUT2D eigenvalue weighted by atomic mass is 10.1. The van der Waals surface area contributed by atoms with Gasteiger partial charge in [0.1, 0.15) is 0 Å². The lowest BCUT2D eigenvalue weighted by Crippen LogP contribution is -2.26. The van der Waals surface area contributed by atoms with Gasteiger partial charge in [0.2, 0.25) is 5.91 Å². The molecular weight excluding hydrogens is 256 g/mol. The second kappa shape index (κ2) is 4.49. The molecule has 0 radical (unpaired) electrons. The molecule has 0 saturated carbocycles. The monoisotopic (exact) mass is 268 g/mol. The Morgan fingerprint density at radius 3 is 2.78 bits per heavy atom. The van der Waals surface area contributed by atoms with Crippen LogP contribution in [-0.4, -0.2) is 23.5 Å².